The molecule has 0 aromatic heterocycles. The van der Waals surface area contributed by atoms with Crippen molar-refractivity contribution in [1.29, 1.82) is 0 Å². The Kier molecular flexibility index (Phi) is 11.4. The lowest BCUT2D eigenvalue weighted by atomic mass is 9.81. The molecule has 3 amide bonds. The molecule has 0 saturated carbocycles. The smallest absolute Gasteiger partial charge is 0.407 e. The summed E-state index contributed by atoms with van der Waals surface area (Å²) >= 11 is 0. The molecule has 2 aromatic rings. The fraction of sp³-hybridized carbons (Fsp3) is 0.485. The molecule has 2 fully saturated rings. The monoisotopic (exact) mass is 576 g/mol. The van der Waals surface area contributed by atoms with E-state index >= 15 is 0 Å². The zero-order chi connectivity index (χ0) is 29.8. The van der Waals surface area contributed by atoms with Crippen molar-refractivity contribution in [1.82, 2.24) is 20.4 Å². The molecule has 2 aliphatic rings. The van der Waals surface area contributed by atoms with Crippen LogP contribution in [0, 0.1) is 0 Å². The van der Waals surface area contributed by atoms with Crippen molar-refractivity contribution in [3.05, 3.63) is 78.4 Å². The van der Waals surface area contributed by atoms with E-state index in [1.165, 1.54) is 5.56 Å². The number of rotatable bonds is 14. The Bertz CT molecular complexity index is 1180. The van der Waals surface area contributed by atoms with Crippen LogP contribution in [0.25, 0.3) is 0 Å². The molecule has 9 heteroatoms. The summed E-state index contributed by atoms with van der Waals surface area (Å²) in [6.45, 7) is 9.72. The van der Waals surface area contributed by atoms with Gasteiger partial charge in [-0.15, -0.1) is 0 Å². The zero-order valence-corrected chi connectivity index (χ0v) is 24.7. The number of ether oxygens (including phenoxy) is 2. The normalized spacial score (nSPS) is 18.4. The van der Waals surface area contributed by atoms with Crippen LogP contribution in [0.15, 0.2) is 67.3 Å². The number of hydrogen-bond donors (Lipinski definition) is 2. The van der Waals surface area contributed by atoms with Crippen molar-refractivity contribution in [3.63, 3.8) is 0 Å². The number of likely N-dealkylation sites (tertiary alicyclic amines) is 1. The third-order valence-corrected chi connectivity index (χ3v) is 8.04. The summed E-state index contributed by atoms with van der Waals surface area (Å²) in [5.74, 6) is 0.790. The molecule has 0 radical (unpaired) electrons. The van der Waals surface area contributed by atoms with Crippen LogP contribution < -0.4 is 15.4 Å². The van der Waals surface area contributed by atoms with E-state index in [0.29, 0.717) is 51.8 Å². The van der Waals surface area contributed by atoms with Gasteiger partial charge >= 0.3 is 6.09 Å². The van der Waals surface area contributed by atoms with Crippen LogP contribution in [0.2, 0.25) is 0 Å². The number of hydrogen-bond acceptors (Lipinski definition) is 6. The third kappa shape index (κ3) is 8.12. The van der Waals surface area contributed by atoms with Gasteiger partial charge in [0.15, 0.2) is 0 Å². The van der Waals surface area contributed by atoms with Crippen molar-refractivity contribution >= 4 is 17.9 Å². The van der Waals surface area contributed by atoms with Gasteiger partial charge in [-0.2, -0.15) is 0 Å². The summed E-state index contributed by atoms with van der Waals surface area (Å²) in [5, 5.41) is 5.82. The van der Waals surface area contributed by atoms with E-state index in [4.69, 9.17) is 9.47 Å². The highest BCUT2D eigenvalue weighted by atomic mass is 16.5. The Morgan fingerprint density at radius 1 is 1.07 bits per heavy atom. The van der Waals surface area contributed by atoms with Crippen molar-refractivity contribution < 1.29 is 23.9 Å². The summed E-state index contributed by atoms with van der Waals surface area (Å²) in [6.07, 6.45) is 5.23. The zero-order valence-electron chi connectivity index (χ0n) is 24.7. The highest BCUT2D eigenvalue weighted by molar-refractivity contribution is 6.00. The lowest BCUT2D eigenvalue weighted by molar-refractivity contribution is -0.161. The van der Waals surface area contributed by atoms with Crippen LogP contribution in [0.4, 0.5) is 4.79 Å². The van der Waals surface area contributed by atoms with Gasteiger partial charge in [0.25, 0.3) is 0 Å². The number of carbonyl (C=O) groups is 3. The average Bonchev–Trinajstić information content (AvgIpc) is 3.01. The van der Waals surface area contributed by atoms with E-state index < -0.39 is 17.7 Å². The van der Waals surface area contributed by atoms with Gasteiger partial charge in [0.2, 0.25) is 11.8 Å². The number of nitrogens with zero attached hydrogens (tertiary/aromatic N) is 2. The molecule has 2 N–H and O–H groups in total. The molecule has 9 nitrogen and oxygen atoms in total. The predicted octanol–water partition coefficient (Wildman–Crippen LogP) is 4.42. The second kappa shape index (κ2) is 15.4. The Morgan fingerprint density at radius 3 is 2.50 bits per heavy atom. The molecule has 1 spiro atoms. The van der Waals surface area contributed by atoms with E-state index in [1.807, 2.05) is 54.3 Å². The van der Waals surface area contributed by atoms with Crippen LogP contribution in [-0.2, 0) is 27.5 Å². The number of carbonyl (C=O) groups excluding carboxylic acids is 3. The highest BCUT2D eigenvalue weighted by Crippen LogP contribution is 2.34. The number of unbranched alkanes of at least 4 members (excludes halogenated alkanes) is 1. The van der Waals surface area contributed by atoms with Crippen LogP contribution in [0.1, 0.15) is 56.6 Å². The maximum Gasteiger partial charge on any atom is 0.407 e. The standard InChI is InChI=1S/C33H44N4O5/c1-3-20-37-30(38)29(12-8-9-19-34-32(40)42-25-27-10-6-5-7-11-27)35-31(39)33(37)17-21-36(22-18-33)24-26-13-15-28(16-14-26)41-23-4-2/h4-7,10-11,13-16,29H,2-3,8-9,12,17-25H2,1H3,(H,34,40)(H,35,39)/t29-/m0/s1. The summed E-state index contributed by atoms with van der Waals surface area (Å²) in [4.78, 5) is 43.3. The Balaban J connectivity index is 1.22. The van der Waals surface area contributed by atoms with Crippen LogP contribution in [0.3, 0.4) is 0 Å². The van der Waals surface area contributed by atoms with E-state index in [2.05, 4.69) is 34.2 Å². The third-order valence-electron chi connectivity index (χ3n) is 8.04. The van der Waals surface area contributed by atoms with Crippen molar-refractivity contribution in [3.8, 4) is 5.75 Å². The molecule has 0 aliphatic carbocycles. The first-order chi connectivity index (χ1) is 20.4. The molecule has 0 bridgehead atoms. The second-order valence-electron chi connectivity index (χ2n) is 11.1. The van der Waals surface area contributed by atoms with E-state index in [-0.39, 0.29) is 18.4 Å². The van der Waals surface area contributed by atoms with Crippen LogP contribution in [-0.4, -0.2) is 72.1 Å². The van der Waals surface area contributed by atoms with E-state index in [0.717, 1.165) is 37.4 Å². The minimum atomic E-state index is -0.785. The first kappa shape index (κ1) is 31.1. The van der Waals surface area contributed by atoms with Gasteiger partial charge in [-0.25, -0.2) is 4.79 Å². The van der Waals surface area contributed by atoms with Gasteiger partial charge in [-0.05, 0) is 61.8 Å². The average molecular weight is 577 g/mol. The second-order valence-corrected chi connectivity index (χ2v) is 11.1. The summed E-state index contributed by atoms with van der Waals surface area (Å²) in [5.41, 5.74) is 1.33. The molecule has 0 unspecified atom stereocenters. The summed E-state index contributed by atoms with van der Waals surface area (Å²) in [7, 11) is 0. The molecule has 2 aromatic carbocycles. The number of alkyl carbamates (subject to hydrolysis) is 1. The Morgan fingerprint density at radius 2 is 1.81 bits per heavy atom. The Hall–Kier alpha value is -3.85. The maximum absolute atomic E-state index is 13.6. The molecular weight excluding hydrogens is 532 g/mol. The largest absolute Gasteiger partial charge is 0.490 e. The number of amides is 3. The van der Waals surface area contributed by atoms with E-state index in [9.17, 15) is 14.4 Å². The fourth-order valence-electron chi connectivity index (χ4n) is 5.74. The molecule has 2 saturated heterocycles. The topological polar surface area (TPSA) is 100 Å². The number of benzene rings is 2. The lowest BCUT2D eigenvalue weighted by Gasteiger charge is -2.51. The van der Waals surface area contributed by atoms with E-state index in [1.54, 1.807) is 6.08 Å². The minimum absolute atomic E-state index is 0.00948. The molecular formula is C33H44N4O5. The highest BCUT2D eigenvalue weighted by Gasteiger charge is 2.53. The maximum atomic E-state index is 13.6. The molecule has 42 heavy (non-hydrogen) atoms. The molecule has 1 atom stereocenters. The summed E-state index contributed by atoms with van der Waals surface area (Å²) in [6, 6.07) is 17.1. The van der Waals surface area contributed by atoms with Gasteiger partial charge in [0.1, 0.15) is 30.5 Å². The number of piperazine rings is 1. The lowest BCUT2D eigenvalue weighted by Crippen LogP contribution is -2.72. The minimum Gasteiger partial charge on any atom is -0.490 e. The first-order valence-corrected chi connectivity index (χ1v) is 15.1. The fourth-order valence-corrected chi connectivity index (χ4v) is 5.74. The van der Waals surface area contributed by atoms with Crippen molar-refractivity contribution in [2.75, 3.05) is 32.8 Å². The van der Waals surface area contributed by atoms with Crippen LogP contribution in [0.5, 0.6) is 5.75 Å². The van der Waals surface area contributed by atoms with Crippen molar-refractivity contribution in [2.45, 2.75) is 70.2 Å². The van der Waals surface area contributed by atoms with Gasteiger partial charge in [-0.1, -0.05) is 62.0 Å². The molecule has 2 heterocycles. The number of nitrogens with one attached hydrogen (secondary N) is 2. The quantitative estimate of drug-likeness (QED) is 0.255. The SMILES string of the molecule is C=CCOc1ccc(CN2CCC3(CC2)C(=O)N[C@@H](CCCCNC(=O)OCc2ccccc2)C(=O)N3CCC)cc1. The predicted molar refractivity (Wildman–Crippen MR) is 162 cm³/mol. The summed E-state index contributed by atoms with van der Waals surface area (Å²) < 4.78 is 10.8. The Labute approximate surface area is 249 Å². The molecule has 2 aliphatic heterocycles. The van der Waals surface area contributed by atoms with Crippen LogP contribution >= 0.6 is 0 Å². The first-order valence-electron chi connectivity index (χ1n) is 15.1. The molecule has 4 rings (SSSR count). The van der Waals surface area contributed by atoms with Gasteiger partial charge in [0.05, 0.1) is 0 Å². The van der Waals surface area contributed by atoms with Gasteiger partial charge in [0, 0.05) is 32.7 Å². The van der Waals surface area contributed by atoms with Crippen molar-refractivity contribution in [2.24, 2.45) is 0 Å². The number of piperidine rings is 1. The van der Waals surface area contributed by atoms with Gasteiger partial charge < -0.3 is 25.0 Å². The molecule has 226 valence electrons. The van der Waals surface area contributed by atoms with Gasteiger partial charge in [-0.3, -0.25) is 14.5 Å².